The van der Waals surface area contributed by atoms with E-state index in [0.29, 0.717) is 5.82 Å². The van der Waals surface area contributed by atoms with Gasteiger partial charge in [-0.1, -0.05) is 0 Å². The second-order valence-electron chi connectivity index (χ2n) is 4.66. The molecule has 0 amide bonds. The quantitative estimate of drug-likeness (QED) is 0.561. The molecular weight excluding hydrogens is 294 g/mol. The first-order valence-electron chi connectivity index (χ1n) is 6.20. The molecule has 21 heavy (non-hydrogen) atoms. The fraction of sp³-hybridized carbons (Fsp3) is 0.143. The van der Waals surface area contributed by atoms with Crippen LogP contribution < -0.4 is 11.3 Å². The summed E-state index contributed by atoms with van der Waals surface area (Å²) < 4.78 is 26.7. The lowest BCUT2D eigenvalue weighted by molar-refractivity contribution is 0.584. The van der Waals surface area contributed by atoms with E-state index in [1.165, 1.54) is 23.5 Å². The lowest BCUT2D eigenvalue weighted by Gasteiger charge is -2.06. The number of thiophene rings is 1. The van der Waals surface area contributed by atoms with E-state index in [-0.39, 0.29) is 11.4 Å². The van der Waals surface area contributed by atoms with Crippen LogP contribution >= 0.6 is 11.3 Å². The molecule has 0 aliphatic carbocycles. The highest BCUT2D eigenvalue weighted by Gasteiger charge is 2.15. The van der Waals surface area contributed by atoms with Crippen LogP contribution in [0.4, 0.5) is 14.6 Å². The number of nitrogens with one attached hydrogen (secondary N) is 1. The topological polar surface area (TPSA) is 63.8 Å². The van der Waals surface area contributed by atoms with Crippen molar-refractivity contribution >= 4 is 27.4 Å². The van der Waals surface area contributed by atoms with Crippen LogP contribution in [0.25, 0.3) is 21.6 Å². The maximum absolute atomic E-state index is 13.3. The molecule has 3 aromatic rings. The van der Waals surface area contributed by atoms with Gasteiger partial charge in [0, 0.05) is 16.5 Å². The molecule has 0 atom stereocenters. The predicted octanol–water partition coefficient (Wildman–Crippen LogP) is 3.54. The van der Waals surface area contributed by atoms with Crippen LogP contribution in [0, 0.1) is 25.5 Å². The Hall–Kier alpha value is -2.12. The van der Waals surface area contributed by atoms with Crippen LogP contribution in [-0.2, 0) is 0 Å². The summed E-state index contributed by atoms with van der Waals surface area (Å²) in [6.07, 6.45) is 0. The van der Waals surface area contributed by atoms with Gasteiger partial charge in [0.2, 0.25) is 0 Å². The molecule has 4 nitrogen and oxygen atoms in total. The highest BCUT2D eigenvalue weighted by molar-refractivity contribution is 7.18. The fourth-order valence-electron chi connectivity index (χ4n) is 2.17. The van der Waals surface area contributed by atoms with Crippen molar-refractivity contribution in [2.45, 2.75) is 13.8 Å². The van der Waals surface area contributed by atoms with Gasteiger partial charge in [0.25, 0.3) is 0 Å². The highest BCUT2D eigenvalue weighted by atomic mass is 32.1. The Morgan fingerprint density at radius 3 is 2.38 bits per heavy atom. The number of nitrogen functional groups attached to an aromatic ring is 1. The van der Waals surface area contributed by atoms with Crippen LogP contribution in [0.2, 0.25) is 0 Å². The number of hydrogen-bond acceptors (Lipinski definition) is 5. The first kappa shape index (κ1) is 13.8. The first-order chi connectivity index (χ1) is 9.99. The Labute approximate surface area is 123 Å². The summed E-state index contributed by atoms with van der Waals surface area (Å²) in [4.78, 5) is 10.5. The van der Waals surface area contributed by atoms with Crippen molar-refractivity contribution in [1.82, 2.24) is 9.97 Å². The number of halogens is 2. The molecule has 108 valence electrons. The van der Waals surface area contributed by atoms with Crippen LogP contribution in [0.5, 0.6) is 0 Å². The Kier molecular flexibility index (Phi) is 3.30. The Morgan fingerprint density at radius 2 is 1.76 bits per heavy atom. The molecule has 2 aromatic heterocycles. The standard InChI is InChI=1S/C14H12F2N4S/c1-6-7(2)21-14-11(6)13(20-17)18-12(19-14)8-3-9(15)5-10(16)4-8/h3-5H,17H2,1-2H3,(H,18,19,20). The number of anilines is 1. The van der Waals surface area contributed by atoms with Gasteiger partial charge < -0.3 is 5.43 Å². The van der Waals surface area contributed by atoms with Crippen molar-refractivity contribution in [3.05, 3.63) is 40.3 Å². The smallest absolute Gasteiger partial charge is 0.163 e. The third-order valence-corrected chi connectivity index (χ3v) is 4.39. The second kappa shape index (κ2) is 5.01. The van der Waals surface area contributed by atoms with Gasteiger partial charge in [-0.3, -0.25) is 0 Å². The van der Waals surface area contributed by atoms with E-state index in [1.54, 1.807) is 0 Å². The fourth-order valence-corrected chi connectivity index (χ4v) is 3.20. The highest BCUT2D eigenvalue weighted by Crippen LogP contribution is 2.34. The third kappa shape index (κ3) is 2.34. The number of benzene rings is 1. The second-order valence-corrected chi connectivity index (χ2v) is 5.86. The SMILES string of the molecule is Cc1sc2nc(-c3cc(F)cc(F)c3)nc(NN)c2c1C. The molecule has 3 rings (SSSR count). The number of hydrogen-bond donors (Lipinski definition) is 2. The van der Waals surface area contributed by atoms with Crippen molar-refractivity contribution in [3.63, 3.8) is 0 Å². The molecule has 7 heteroatoms. The lowest BCUT2D eigenvalue weighted by Crippen LogP contribution is -2.10. The van der Waals surface area contributed by atoms with E-state index in [0.717, 1.165) is 26.7 Å². The first-order valence-corrected chi connectivity index (χ1v) is 7.02. The normalized spacial score (nSPS) is 11.1. The minimum Gasteiger partial charge on any atom is -0.308 e. The number of rotatable bonds is 2. The largest absolute Gasteiger partial charge is 0.308 e. The average Bonchev–Trinajstić information content (AvgIpc) is 2.72. The summed E-state index contributed by atoms with van der Waals surface area (Å²) in [6.45, 7) is 3.93. The van der Waals surface area contributed by atoms with Crippen molar-refractivity contribution in [2.75, 3.05) is 5.43 Å². The molecule has 0 bridgehead atoms. The zero-order valence-corrected chi connectivity index (χ0v) is 12.2. The molecule has 0 saturated carbocycles. The van der Waals surface area contributed by atoms with E-state index >= 15 is 0 Å². The Bertz CT molecular complexity index is 824. The van der Waals surface area contributed by atoms with Crippen LogP contribution in [0.3, 0.4) is 0 Å². The van der Waals surface area contributed by atoms with Gasteiger partial charge in [-0.25, -0.2) is 24.6 Å². The van der Waals surface area contributed by atoms with Crippen molar-refractivity contribution in [2.24, 2.45) is 5.84 Å². The molecule has 1 aromatic carbocycles. The Morgan fingerprint density at radius 1 is 1.10 bits per heavy atom. The molecule has 0 radical (unpaired) electrons. The van der Waals surface area contributed by atoms with E-state index in [4.69, 9.17) is 5.84 Å². The maximum Gasteiger partial charge on any atom is 0.163 e. The zero-order chi connectivity index (χ0) is 15.1. The predicted molar refractivity (Wildman–Crippen MR) is 80.1 cm³/mol. The average molecular weight is 306 g/mol. The zero-order valence-electron chi connectivity index (χ0n) is 11.4. The molecular formula is C14H12F2N4S. The minimum absolute atomic E-state index is 0.232. The summed E-state index contributed by atoms with van der Waals surface area (Å²) in [7, 11) is 0. The van der Waals surface area contributed by atoms with Crippen molar-refractivity contribution < 1.29 is 8.78 Å². The van der Waals surface area contributed by atoms with Crippen molar-refractivity contribution in [3.8, 4) is 11.4 Å². The summed E-state index contributed by atoms with van der Waals surface area (Å²) in [5.41, 5.74) is 3.85. The molecule has 3 N–H and O–H groups in total. The van der Waals surface area contributed by atoms with Gasteiger partial charge >= 0.3 is 0 Å². The van der Waals surface area contributed by atoms with Crippen LogP contribution in [0.1, 0.15) is 10.4 Å². The van der Waals surface area contributed by atoms with Gasteiger partial charge in [0.05, 0.1) is 5.39 Å². The number of fused-ring (bicyclic) bond motifs is 1. The van der Waals surface area contributed by atoms with E-state index in [2.05, 4.69) is 15.4 Å². The monoisotopic (exact) mass is 306 g/mol. The summed E-state index contributed by atoms with van der Waals surface area (Å²) in [6, 6.07) is 3.19. The van der Waals surface area contributed by atoms with Crippen LogP contribution in [-0.4, -0.2) is 9.97 Å². The molecule has 0 aliphatic rings. The number of hydrazine groups is 1. The van der Waals surface area contributed by atoms with Crippen molar-refractivity contribution in [1.29, 1.82) is 0 Å². The summed E-state index contributed by atoms with van der Waals surface area (Å²) in [5.74, 6) is 4.85. The van der Waals surface area contributed by atoms with Gasteiger partial charge in [-0.05, 0) is 31.5 Å². The van der Waals surface area contributed by atoms with Gasteiger partial charge in [-0.15, -0.1) is 11.3 Å². The lowest BCUT2D eigenvalue weighted by atomic mass is 10.1. The maximum atomic E-state index is 13.3. The van der Waals surface area contributed by atoms with E-state index < -0.39 is 11.6 Å². The van der Waals surface area contributed by atoms with Crippen LogP contribution in [0.15, 0.2) is 18.2 Å². The van der Waals surface area contributed by atoms with Gasteiger partial charge in [0.1, 0.15) is 16.5 Å². The molecule has 0 unspecified atom stereocenters. The Balaban J connectivity index is 2.29. The number of nitrogens with zero attached hydrogens (tertiary/aromatic N) is 2. The van der Waals surface area contributed by atoms with Gasteiger partial charge in [0.15, 0.2) is 11.6 Å². The molecule has 2 heterocycles. The summed E-state index contributed by atoms with van der Waals surface area (Å²) >= 11 is 1.49. The molecule has 0 spiro atoms. The molecule has 0 fully saturated rings. The molecule has 0 saturated heterocycles. The molecule has 0 aliphatic heterocycles. The number of nitrogens with two attached hydrogens (primary N) is 1. The van der Waals surface area contributed by atoms with Gasteiger partial charge in [-0.2, -0.15) is 0 Å². The summed E-state index contributed by atoms with van der Waals surface area (Å²) in [5, 5.41) is 0.834. The van der Waals surface area contributed by atoms with E-state index in [9.17, 15) is 8.78 Å². The minimum atomic E-state index is -0.672. The number of aromatic nitrogens is 2. The third-order valence-electron chi connectivity index (χ3n) is 3.29. The van der Waals surface area contributed by atoms with E-state index in [1.807, 2.05) is 13.8 Å². The number of aryl methyl sites for hydroxylation is 2.